The molecule has 124 valence electrons. The molecule has 0 saturated carbocycles. The van der Waals surface area contributed by atoms with Gasteiger partial charge < -0.3 is 4.74 Å². The first-order valence-corrected chi connectivity index (χ1v) is 8.02. The summed E-state index contributed by atoms with van der Waals surface area (Å²) in [4.78, 5) is 17.3. The molecule has 0 spiro atoms. The molecule has 25 heavy (non-hydrogen) atoms. The lowest BCUT2D eigenvalue weighted by atomic mass is 10.1. The monoisotopic (exact) mass is 331 g/mol. The van der Waals surface area contributed by atoms with Gasteiger partial charge >= 0.3 is 0 Å². The van der Waals surface area contributed by atoms with Gasteiger partial charge in [-0.25, -0.2) is 9.67 Å². The van der Waals surface area contributed by atoms with Gasteiger partial charge in [-0.15, -0.1) is 0 Å². The van der Waals surface area contributed by atoms with Crippen LogP contribution in [0.15, 0.2) is 77.6 Å². The molecule has 0 radical (unpaired) electrons. The number of nitrogens with zero attached hydrogens (tertiary/aromatic N) is 3. The number of aromatic nitrogens is 3. The van der Waals surface area contributed by atoms with Crippen molar-refractivity contribution in [3.63, 3.8) is 0 Å². The van der Waals surface area contributed by atoms with E-state index in [4.69, 9.17) is 4.74 Å². The molecule has 0 N–H and O–H groups in total. The summed E-state index contributed by atoms with van der Waals surface area (Å²) < 4.78 is 8.61. The minimum Gasteiger partial charge on any atom is -0.378 e. The number of ether oxygens (including phenoxy) is 1. The molecular formula is C20H17N3O2. The highest BCUT2D eigenvalue weighted by Gasteiger charge is 2.15. The molecule has 2 aromatic carbocycles. The van der Waals surface area contributed by atoms with Gasteiger partial charge in [-0.2, -0.15) is 4.52 Å². The van der Waals surface area contributed by atoms with E-state index in [9.17, 15) is 4.79 Å². The molecule has 2 aromatic heterocycles. The second-order valence-electron chi connectivity index (χ2n) is 5.73. The second-order valence-corrected chi connectivity index (χ2v) is 5.73. The van der Waals surface area contributed by atoms with Crippen LogP contribution in [-0.4, -0.2) is 21.3 Å². The Morgan fingerprint density at radius 1 is 0.960 bits per heavy atom. The zero-order valence-corrected chi connectivity index (χ0v) is 13.8. The van der Waals surface area contributed by atoms with Crippen molar-refractivity contribution in [3.8, 4) is 16.9 Å². The minimum atomic E-state index is -0.136. The molecule has 0 aliphatic rings. The van der Waals surface area contributed by atoms with E-state index in [-0.39, 0.29) is 5.56 Å². The summed E-state index contributed by atoms with van der Waals surface area (Å²) in [6, 6.07) is 23.2. The summed E-state index contributed by atoms with van der Waals surface area (Å²) in [5.74, 6) is 0. The maximum Gasteiger partial charge on any atom is 0.273 e. The highest BCUT2D eigenvalue weighted by atomic mass is 16.5. The van der Waals surface area contributed by atoms with E-state index in [0.717, 1.165) is 16.9 Å². The van der Waals surface area contributed by atoms with Gasteiger partial charge in [0.2, 0.25) is 0 Å². The van der Waals surface area contributed by atoms with Gasteiger partial charge in [-0.3, -0.25) is 4.79 Å². The lowest BCUT2D eigenvalue weighted by Gasteiger charge is -2.11. The van der Waals surface area contributed by atoms with Crippen LogP contribution in [0.3, 0.4) is 0 Å². The Morgan fingerprint density at radius 3 is 2.32 bits per heavy atom. The van der Waals surface area contributed by atoms with Crippen LogP contribution < -0.4 is 5.56 Å². The Hall–Kier alpha value is -3.18. The van der Waals surface area contributed by atoms with Gasteiger partial charge in [0.25, 0.3) is 5.56 Å². The lowest BCUT2D eigenvalue weighted by Crippen LogP contribution is -2.21. The van der Waals surface area contributed by atoms with Crippen molar-refractivity contribution in [2.45, 2.75) is 6.61 Å². The fourth-order valence-electron chi connectivity index (χ4n) is 2.99. The number of fused-ring (bicyclic) bond motifs is 1. The van der Waals surface area contributed by atoms with Gasteiger partial charge in [0, 0.05) is 24.8 Å². The summed E-state index contributed by atoms with van der Waals surface area (Å²) in [6.07, 6.45) is 0. The van der Waals surface area contributed by atoms with E-state index in [1.807, 2.05) is 71.4 Å². The van der Waals surface area contributed by atoms with Crippen LogP contribution in [0.1, 0.15) is 5.69 Å². The van der Waals surface area contributed by atoms with Gasteiger partial charge in [0.15, 0.2) is 5.65 Å². The Morgan fingerprint density at radius 2 is 1.64 bits per heavy atom. The third-order valence-corrected chi connectivity index (χ3v) is 4.03. The number of hydrogen-bond acceptors (Lipinski definition) is 3. The fraction of sp³-hybridized carbons (Fsp3) is 0.100. The van der Waals surface area contributed by atoms with E-state index >= 15 is 0 Å². The predicted octanol–water partition coefficient (Wildman–Crippen LogP) is 3.30. The fourth-order valence-corrected chi connectivity index (χ4v) is 2.99. The average molecular weight is 331 g/mol. The molecule has 2 heterocycles. The molecule has 0 saturated heterocycles. The standard InChI is InChI=1S/C20H17N3O2/c1-25-14-16-12-20(24)23-19(21-16)13-18(15-8-4-2-5-9-15)22(23)17-10-6-3-7-11-17/h2-13H,14H2,1H3. The van der Waals surface area contributed by atoms with Gasteiger partial charge in [0.05, 0.1) is 23.7 Å². The first-order valence-electron chi connectivity index (χ1n) is 8.02. The first-order chi connectivity index (χ1) is 12.3. The molecule has 0 atom stereocenters. The molecule has 0 unspecified atom stereocenters. The van der Waals surface area contributed by atoms with Gasteiger partial charge in [-0.1, -0.05) is 48.5 Å². The quantitative estimate of drug-likeness (QED) is 0.576. The third kappa shape index (κ3) is 2.75. The predicted molar refractivity (Wildman–Crippen MR) is 96.9 cm³/mol. The number of rotatable bonds is 4. The first kappa shape index (κ1) is 15.4. The SMILES string of the molecule is COCc1cc(=O)n2c(cc(-c3ccccc3)n2-c2ccccc2)n1. The highest BCUT2D eigenvalue weighted by molar-refractivity contribution is 5.67. The molecule has 5 heteroatoms. The Labute approximate surface area is 144 Å². The van der Waals surface area contributed by atoms with E-state index in [2.05, 4.69) is 4.98 Å². The summed E-state index contributed by atoms with van der Waals surface area (Å²) in [5.41, 5.74) is 3.91. The summed E-state index contributed by atoms with van der Waals surface area (Å²) in [5, 5.41) is 0. The Kier molecular flexibility index (Phi) is 3.91. The average Bonchev–Trinajstić information content (AvgIpc) is 3.03. The Bertz CT molecular complexity index is 1070. The molecule has 0 bridgehead atoms. The largest absolute Gasteiger partial charge is 0.378 e. The maximum absolute atomic E-state index is 12.8. The highest BCUT2D eigenvalue weighted by Crippen LogP contribution is 2.25. The van der Waals surface area contributed by atoms with Crippen molar-refractivity contribution in [2.24, 2.45) is 0 Å². The van der Waals surface area contributed by atoms with Crippen molar-refractivity contribution >= 4 is 5.65 Å². The molecule has 0 aliphatic carbocycles. The molecule has 0 aliphatic heterocycles. The van der Waals surface area contributed by atoms with Crippen molar-refractivity contribution in [2.75, 3.05) is 7.11 Å². The molecule has 0 amide bonds. The summed E-state index contributed by atoms with van der Waals surface area (Å²) in [6.45, 7) is 0.308. The third-order valence-electron chi connectivity index (χ3n) is 4.03. The minimum absolute atomic E-state index is 0.136. The van der Waals surface area contributed by atoms with Crippen molar-refractivity contribution in [1.29, 1.82) is 0 Å². The number of para-hydroxylation sites is 1. The van der Waals surface area contributed by atoms with E-state index in [1.54, 1.807) is 11.6 Å². The normalized spacial score (nSPS) is 11.1. The summed E-state index contributed by atoms with van der Waals surface area (Å²) in [7, 11) is 1.59. The van der Waals surface area contributed by atoms with Crippen LogP contribution in [0.4, 0.5) is 0 Å². The zero-order valence-electron chi connectivity index (χ0n) is 13.8. The molecule has 5 nitrogen and oxygen atoms in total. The maximum atomic E-state index is 12.8. The van der Waals surface area contributed by atoms with Crippen molar-refractivity contribution in [1.82, 2.24) is 14.2 Å². The molecule has 0 fully saturated rings. The van der Waals surface area contributed by atoms with Crippen LogP contribution in [0.25, 0.3) is 22.6 Å². The molecular weight excluding hydrogens is 314 g/mol. The van der Waals surface area contributed by atoms with Crippen LogP contribution in [-0.2, 0) is 11.3 Å². The Balaban J connectivity index is 2.07. The number of benzene rings is 2. The van der Waals surface area contributed by atoms with Gasteiger partial charge in [0.1, 0.15) is 0 Å². The van der Waals surface area contributed by atoms with Crippen LogP contribution >= 0.6 is 0 Å². The van der Waals surface area contributed by atoms with Crippen LogP contribution in [0, 0.1) is 0 Å². The second kappa shape index (κ2) is 6.37. The van der Waals surface area contributed by atoms with Crippen LogP contribution in [0.2, 0.25) is 0 Å². The van der Waals surface area contributed by atoms with E-state index in [0.29, 0.717) is 17.9 Å². The zero-order chi connectivity index (χ0) is 17.2. The van der Waals surface area contributed by atoms with Crippen LogP contribution in [0.5, 0.6) is 0 Å². The van der Waals surface area contributed by atoms with E-state index < -0.39 is 0 Å². The number of methoxy groups -OCH3 is 1. The smallest absolute Gasteiger partial charge is 0.273 e. The lowest BCUT2D eigenvalue weighted by molar-refractivity contribution is 0.181. The topological polar surface area (TPSA) is 48.5 Å². The van der Waals surface area contributed by atoms with Crippen molar-refractivity contribution < 1.29 is 4.74 Å². The van der Waals surface area contributed by atoms with Crippen molar-refractivity contribution in [3.05, 3.63) is 88.8 Å². The van der Waals surface area contributed by atoms with Gasteiger partial charge in [-0.05, 0) is 12.1 Å². The summed E-state index contributed by atoms with van der Waals surface area (Å²) >= 11 is 0. The van der Waals surface area contributed by atoms with E-state index in [1.165, 1.54) is 6.07 Å². The number of hydrogen-bond donors (Lipinski definition) is 0. The molecule has 4 rings (SSSR count). The molecule has 4 aromatic rings.